The number of alkyl carbamates (subject to hydrolysis) is 1. The summed E-state index contributed by atoms with van der Waals surface area (Å²) in [4.78, 5) is 40.6. The summed E-state index contributed by atoms with van der Waals surface area (Å²) in [6.45, 7) is 7.25. The van der Waals surface area contributed by atoms with Crippen LogP contribution in [0.2, 0.25) is 0 Å². The number of alkyl halides is 3. The van der Waals surface area contributed by atoms with Crippen molar-refractivity contribution in [1.82, 2.24) is 15.5 Å². The maximum absolute atomic E-state index is 12.9. The highest BCUT2D eigenvalue weighted by Crippen LogP contribution is 2.24. The Morgan fingerprint density at radius 3 is 2.54 bits per heavy atom. The van der Waals surface area contributed by atoms with Crippen molar-refractivity contribution in [3.8, 4) is 5.75 Å². The standard InChI is InChI=1S/C25H35F3N4O7/c1-5-37-20(34)19(33)15-38-18-8-7-17-14-32(12-9-16(17)13-18)22(31-21(35)25(26,27)28)29-10-6-11-30-23(36)39-24(2,3)4/h7-8,13,19,33H,5-6,9-12,14-15H2,1-4H3,(H,30,36)(H,29,31,35)/t19-/m1/s1. The molecule has 11 nitrogen and oxygen atoms in total. The van der Waals surface area contributed by atoms with E-state index in [4.69, 9.17) is 14.2 Å². The second-order valence-corrected chi connectivity index (χ2v) is 9.62. The number of hydrogen-bond donors (Lipinski definition) is 3. The number of benzene rings is 1. The van der Waals surface area contributed by atoms with E-state index in [0.29, 0.717) is 18.6 Å². The highest BCUT2D eigenvalue weighted by Gasteiger charge is 2.40. The van der Waals surface area contributed by atoms with E-state index in [1.165, 1.54) is 4.90 Å². The third-order valence-corrected chi connectivity index (χ3v) is 5.20. The van der Waals surface area contributed by atoms with Crippen molar-refractivity contribution in [2.45, 2.75) is 65.0 Å². The summed E-state index contributed by atoms with van der Waals surface area (Å²) in [5.74, 6) is -2.75. The molecule has 0 saturated heterocycles. The van der Waals surface area contributed by atoms with Crippen LogP contribution in [-0.4, -0.2) is 84.7 Å². The molecule has 2 rings (SSSR count). The number of esters is 1. The highest BCUT2D eigenvalue weighted by atomic mass is 19.4. The van der Waals surface area contributed by atoms with Gasteiger partial charge in [-0.15, -0.1) is 0 Å². The van der Waals surface area contributed by atoms with Gasteiger partial charge in [0.1, 0.15) is 18.0 Å². The van der Waals surface area contributed by atoms with E-state index >= 15 is 0 Å². The molecule has 0 bridgehead atoms. The molecule has 2 amide bonds. The lowest BCUT2D eigenvalue weighted by Gasteiger charge is -2.32. The van der Waals surface area contributed by atoms with Crippen molar-refractivity contribution >= 4 is 23.9 Å². The number of carbonyl (C=O) groups excluding carboxylic acids is 3. The van der Waals surface area contributed by atoms with Crippen molar-refractivity contribution in [3.05, 3.63) is 29.3 Å². The fourth-order valence-electron chi connectivity index (χ4n) is 3.44. The number of hydrogen-bond acceptors (Lipinski definition) is 8. The van der Waals surface area contributed by atoms with E-state index in [2.05, 4.69) is 10.3 Å². The van der Waals surface area contributed by atoms with Gasteiger partial charge in [0.2, 0.25) is 5.96 Å². The molecule has 1 aliphatic heterocycles. The van der Waals surface area contributed by atoms with Crippen LogP contribution < -0.4 is 15.4 Å². The lowest BCUT2D eigenvalue weighted by molar-refractivity contribution is -0.172. The number of nitrogens with zero attached hydrogens (tertiary/aromatic N) is 2. The van der Waals surface area contributed by atoms with Crippen molar-refractivity contribution in [2.75, 3.05) is 32.8 Å². The maximum atomic E-state index is 12.9. The Hall–Kier alpha value is -3.55. The van der Waals surface area contributed by atoms with Crippen molar-refractivity contribution in [1.29, 1.82) is 0 Å². The fraction of sp³-hybridized carbons (Fsp3) is 0.600. The van der Waals surface area contributed by atoms with E-state index in [1.807, 2.05) is 5.32 Å². The molecule has 1 aromatic rings. The van der Waals surface area contributed by atoms with E-state index < -0.39 is 35.9 Å². The summed E-state index contributed by atoms with van der Waals surface area (Å²) in [7, 11) is 0. The molecule has 1 aliphatic rings. The van der Waals surface area contributed by atoms with Gasteiger partial charge in [0, 0.05) is 26.2 Å². The average molecular weight is 561 g/mol. The summed E-state index contributed by atoms with van der Waals surface area (Å²) >= 11 is 0. The summed E-state index contributed by atoms with van der Waals surface area (Å²) in [5, 5.41) is 14.2. The Balaban J connectivity index is 2.03. The van der Waals surface area contributed by atoms with E-state index in [9.17, 15) is 32.7 Å². The largest absolute Gasteiger partial charge is 0.490 e. The van der Waals surface area contributed by atoms with Gasteiger partial charge in [-0.05, 0) is 63.8 Å². The Morgan fingerprint density at radius 2 is 1.90 bits per heavy atom. The van der Waals surface area contributed by atoms with Gasteiger partial charge in [0.15, 0.2) is 6.10 Å². The molecule has 0 spiro atoms. The van der Waals surface area contributed by atoms with E-state index in [-0.39, 0.29) is 45.4 Å². The smallest absolute Gasteiger partial charge is 0.471 e. The van der Waals surface area contributed by atoms with Crippen LogP contribution in [0.25, 0.3) is 0 Å². The molecule has 218 valence electrons. The van der Waals surface area contributed by atoms with Gasteiger partial charge >= 0.3 is 24.1 Å². The van der Waals surface area contributed by atoms with Crippen LogP contribution in [0.3, 0.4) is 0 Å². The maximum Gasteiger partial charge on any atom is 0.471 e. The van der Waals surface area contributed by atoms with E-state index in [1.54, 1.807) is 45.9 Å². The Labute approximate surface area is 224 Å². The number of fused-ring (bicyclic) bond motifs is 1. The number of aliphatic imine (C=N–C) groups is 1. The number of aliphatic hydroxyl groups excluding tert-OH is 1. The normalized spacial score (nSPS) is 14.7. The molecular weight excluding hydrogens is 525 g/mol. The molecule has 1 aromatic carbocycles. The first kappa shape index (κ1) is 31.7. The zero-order valence-electron chi connectivity index (χ0n) is 22.4. The molecule has 3 N–H and O–H groups in total. The lowest BCUT2D eigenvalue weighted by atomic mass is 9.99. The van der Waals surface area contributed by atoms with Crippen LogP contribution in [0.15, 0.2) is 23.2 Å². The zero-order valence-corrected chi connectivity index (χ0v) is 22.4. The van der Waals surface area contributed by atoms with Crippen LogP contribution in [0, 0.1) is 0 Å². The number of carbonyl (C=O) groups is 3. The SMILES string of the molecule is CCOC(=O)[C@H](O)COc1ccc2c(c1)CCN(C(=NCCCNC(=O)OC(C)(C)C)NC(=O)C(F)(F)F)C2. The van der Waals surface area contributed by atoms with Crippen LogP contribution in [0.5, 0.6) is 5.75 Å². The predicted molar refractivity (Wildman–Crippen MR) is 134 cm³/mol. The van der Waals surface area contributed by atoms with Gasteiger partial charge in [-0.25, -0.2) is 9.59 Å². The number of amides is 2. The predicted octanol–water partition coefficient (Wildman–Crippen LogP) is 2.30. The molecule has 0 unspecified atom stereocenters. The molecule has 0 radical (unpaired) electrons. The Morgan fingerprint density at radius 1 is 1.18 bits per heavy atom. The molecule has 14 heteroatoms. The quantitative estimate of drug-likeness (QED) is 0.181. The summed E-state index contributed by atoms with van der Waals surface area (Å²) in [6, 6.07) is 5.03. The second-order valence-electron chi connectivity index (χ2n) is 9.62. The topological polar surface area (TPSA) is 139 Å². The summed E-state index contributed by atoms with van der Waals surface area (Å²) in [5.41, 5.74) is 0.969. The first-order valence-electron chi connectivity index (χ1n) is 12.4. The number of halogens is 3. The number of guanidine groups is 1. The molecule has 1 heterocycles. The van der Waals surface area contributed by atoms with Gasteiger partial charge in [0.25, 0.3) is 0 Å². The average Bonchev–Trinajstić information content (AvgIpc) is 2.84. The van der Waals surface area contributed by atoms with E-state index in [0.717, 1.165) is 11.1 Å². The van der Waals surface area contributed by atoms with Gasteiger partial charge in [-0.2, -0.15) is 13.2 Å². The Bertz CT molecular complexity index is 1040. The number of rotatable bonds is 9. The number of nitrogens with one attached hydrogen (secondary N) is 2. The molecule has 39 heavy (non-hydrogen) atoms. The van der Waals surface area contributed by atoms with Gasteiger partial charge in [-0.1, -0.05) is 6.07 Å². The second kappa shape index (κ2) is 14.0. The van der Waals surface area contributed by atoms with Gasteiger partial charge < -0.3 is 29.5 Å². The molecule has 0 fully saturated rings. The minimum Gasteiger partial charge on any atom is -0.490 e. The lowest BCUT2D eigenvalue weighted by Crippen LogP contribution is -2.50. The first-order valence-corrected chi connectivity index (χ1v) is 12.4. The summed E-state index contributed by atoms with van der Waals surface area (Å²) < 4.78 is 54.1. The van der Waals surface area contributed by atoms with Gasteiger partial charge in [0.05, 0.1) is 6.61 Å². The minimum absolute atomic E-state index is 0.0438. The van der Waals surface area contributed by atoms with Crippen LogP contribution in [-0.2, 0) is 32.0 Å². The van der Waals surface area contributed by atoms with Crippen LogP contribution >= 0.6 is 0 Å². The monoisotopic (exact) mass is 560 g/mol. The number of aliphatic hydroxyl groups is 1. The van der Waals surface area contributed by atoms with Crippen LogP contribution in [0.4, 0.5) is 18.0 Å². The first-order chi connectivity index (χ1) is 18.2. The highest BCUT2D eigenvalue weighted by molar-refractivity contribution is 5.99. The third-order valence-electron chi connectivity index (χ3n) is 5.20. The molecule has 0 aromatic heterocycles. The molecular formula is C25H35F3N4O7. The number of ether oxygens (including phenoxy) is 3. The zero-order chi connectivity index (χ0) is 29.2. The van der Waals surface area contributed by atoms with Crippen LogP contribution in [0.1, 0.15) is 45.2 Å². The molecule has 1 atom stereocenters. The summed E-state index contributed by atoms with van der Waals surface area (Å²) in [6.07, 6.45) is -6.44. The third kappa shape index (κ3) is 11.0. The minimum atomic E-state index is -5.09. The Kier molecular flexibility index (Phi) is 11.4. The van der Waals surface area contributed by atoms with Gasteiger partial charge in [-0.3, -0.25) is 15.1 Å². The van der Waals surface area contributed by atoms with Crippen molar-refractivity contribution in [3.63, 3.8) is 0 Å². The van der Waals surface area contributed by atoms with Crippen molar-refractivity contribution < 1.29 is 46.9 Å². The van der Waals surface area contributed by atoms with Crippen molar-refractivity contribution in [2.24, 2.45) is 4.99 Å². The molecule has 0 aliphatic carbocycles. The molecule has 0 saturated carbocycles. The fourth-order valence-corrected chi connectivity index (χ4v) is 3.44.